The zero-order valence-corrected chi connectivity index (χ0v) is 9.58. The number of ether oxygens (including phenoxy) is 1. The SMILES string of the molecule is CCN(CC)c1ccc(NN)c(OC)c1. The topological polar surface area (TPSA) is 50.5 Å². The molecule has 0 spiro atoms. The van der Waals surface area contributed by atoms with Gasteiger partial charge in [0.1, 0.15) is 5.75 Å². The predicted molar refractivity (Wildman–Crippen MR) is 64.4 cm³/mol. The molecule has 0 unspecified atom stereocenters. The minimum absolute atomic E-state index is 0.766. The molecule has 0 radical (unpaired) electrons. The van der Waals surface area contributed by atoms with Crippen LogP contribution < -0.4 is 20.9 Å². The maximum Gasteiger partial charge on any atom is 0.145 e. The maximum absolute atomic E-state index is 5.37. The molecule has 0 aliphatic heterocycles. The second-order valence-corrected chi connectivity index (χ2v) is 3.20. The van der Waals surface area contributed by atoms with E-state index >= 15 is 0 Å². The standard InChI is InChI=1S/C11H19N3O/c1-4-14(5-2)9-6-7-10(13-12)11(8-9)15-3/h6-8,13H,4-5,12H2,1-3H3. The van der Waals surface area contributed by atoms with Gasteiger partial charge in [-0.2, -0.15) is 0 Å². The molecule has 0 aromatic heterocycles. The number of nitrogens with zero attached hydrogens (tertiary/aromatic N) is 1. The third-order valence-corrected chi connectivity index (χ3v) is 2.47. The van der Waals surface area contributed by atoms with E-state index in [-0.39, 0.29) is 0 Å². The predicted octanol–water partition coefficient (Wildman–Crippen LogP) is 1.83. The van der Waals surface area contributed by atoms with Crippen LogP contribution in [0.25, 0.3) is 0 Å². The van der Waals surface area contributed by atoms with Gasteiger partial charge in [-0.05, 0) is 26.0 Å². The molecule has 0 amide bonds. The van der Waals surface area contributed by atoms with Crippen LogP contribution in [0.1, 0.15) is 13.8 Å². The molecule has 84 valence electrons. The first-order chi connectivity index (χ1) is 7.26. The van der Waals surface area contributed by atoms with E-state index in [0.717, 1.165) is 30.2 Å². The Morgan fingerprint density at radius 2 is 2.00 bits per heavy atom. The van der Waals surface area contributed by atoms with Crippen molar-refractivity contribution in [3.05, 3.63) is 18.2 Å². The molecule has 0 atom stereocenters. The van der Waals surface area contributed by atoms with Gasteiger partial charge in [-0.3, -0.25) is 5.84 Å². The lowest BCUT2D eigenvalue weighted by Crippen LogP contribution is -2.21. The minimum atomic E-state index is 0.766. The van der Waals surface area contributed by atoms with Crippen molar-refractivity contribution in [2.45, 2.75) is 13.8 Å². The van der Waals surface area contributed by atoms with E-state index in [4.69, 9.17) is 10.6 Å². The summed E-state index contributed by atoms with van der Waals surface area (Å²) in [7, 11) is 1.64. The van der Waals surface area contributed by atoms with Crippen molar-refractivity contribution in [3.63, 3.8) is 0 Å². The maximum atomic E-state index is 5.37. The molecule has 0 heterocycles. The highest BCUT2D eigenvalue weighted by atomic mass is 16.5. The third-order valence-electron chi connectivity index (χ3n) is 2.47. The lowest BCUT2D eigenvalue weighted by Gasteiger charge is -2.22. The monoisotopic (exact) mass is 209 g/mol. The van der Waals surface area contributed by atoms with Gasteiger partial charge in [0.25, 0.3) is 0 Å². The second kappa shape index (κ2) is 5.46. The van der Waals surface area contributed by atoms with Crippen LogP contribution in [0.2, 0.25) is 0 Å². The van der Waals surface area contributed by atoms with Gasteiger partial charge in [-0.15, -0.1) is 0 Å². The highest BCUT2D eigenvalue weighted by Crippen LogP contribution is 2.28. The Balaban J connectivity index is 3.01. The van der Waals surface area contributed by atoms with E-state index in [0.29, 0.717) is 0 Å². The molecule has 0 bridgehead atoms. The van der Waals surface area contributed by atoms with E-state index < -0.39 is 0 Å². The summed E-state index contributed by atoms with van der Waals surface area (Å²) >= 11 is 0. The zero-order valence-electron chi connectivity index (χ0n) is 9.58. The molecule has 1 aromatic carbocycles. The fourth-order valence-electron chi connectivity index (χ4n) is 1.58. The van der Waals surface area contributed by atoms with Crippen LogP contribution in [0.15, 0.2) is 18.2 Å². The van der Waals surface area contributed by atoms with E-state index in [1.807, 2.05) is 18.2 Å². The van der Waals surface area contributed by atoms with Crippen molar-refractivity contribution < 1.29 is 4.74 Å². The highest BCUT2D eigenvalue weighted by molar-refractivity contribution is 5.64. The normalized spacial score (nSPS) is 9.87. The lowest BCUT2D eigenvalue weighted by molar-refractivity contribution is 0.416. The largest absolute Gasteiger partial charge is 0.494 e. The minimum Gasteiger partial charge on any atom is -0.494 e. The molecule has 1 rings (SSSR count). The van der Waals surface area contributed by atoms with Crippen LogP contribution in [-0.2, 0) is 0 Å². The molecule has 0 aliphatic rings. The second-order valence-electron chi connectivity index (χ2n) is 3.20. The van der Waals surface area contributed by atoms with Crippen molar-refractivity contribution >= 4 is 11.4 Å². The first-order valence-electron chi connectivity index (χ1n) is 5.16. The molecular weight excluding hydrogens is 190 g/mol. The summed E-state index contributed by atoms with van der Waals surface area (Å²) in [5.41, 5.74) is 4.55. The summed E-state index contributed by atoms with van der Waals surface area (Å²) < 4.78 is 5.25. The summed E-state index contributed by atoms with van der Waals surface area (Å²) in [4.78, 5) is 2.25. The Bertz CT molecular complexity index is 311. The number of anilines is 2. The molecule has 1 aromatic rings. The lowest BCUT2D eigenvalue weighted by atomic mass is 10.2. The smallest absolute Gasteiger partial charge is 0.145 e. The van der Waals surface area contributed by atoms with Gasteiger partial charge < -0.3 is 15.1 Å². The van der Waals surface area contributed by atoms with Gasteiger partial charge in [0.2, 0.25) is 0 Å². The molecule has 0 fully saturated rings. The number of hydrogen-bond acceptors (Lipinski definition) is 4. The average molecular weight is 209 g/mol. The number of benzene rings is 1. The molecule has 0 saturated carbocycles. The van der Waals surface area contributed by atoms with Crippen LogP contribution >= 0.6 is 0 Å². The van der Waals surface area contributed by atoms with Crippen molar-refractivity contribution in [3.8, 4) is 5.75 Å². The summed E-state index contributed by atoms with van der Waals surface area (Å²) in [5, 5.41) is 0. The fraction of sp³-hybridized carbons (Fsp3) is 0.455. The van der Waals surface area contributed by atoms with Crippen LogP contribution in [0.4, 0.5) is 11.4 Å². The van der Waals surface area contributed by atoms with E-state index in [1.165, 1.54) is 0 Å². The average Bonchev–Trinajstić information content (AvgIpc) is 2.30. The van der Waals surface area contributed by atoms with Gasteiger partial charge in [0.15, 0.2) is 0 Å². The number of methoxy groups -OCH3 is 1. The Labute approximate surface area is 91.0 Å². The number of hydrazine groups is 1. The van der Waals surface area contributed by atoms with Crippen LogP contribution in [0.3, 0.4) is 0 Å². The Kier molecular flexibility index (Phi) is 4.24. The fourth-order valence-corrected chi connectivity index (χ4v) is 1.58. The van der Waals surface area contributed by atoms with Crippen molar-refractivity contribution in [2.75, 3.05) is 30.5 Å². The van der Waals surface area contributed by atoms with Crippen molar-refractivity contribution in [2.24, 2.45) is 5.84 Å². The van der Waals surface area contributed by atoms with Crippen molar-refractivity contribution in [1.29, 1.82) is 0 Å². The molecule has 0 aliphatic carbocycles. The summed E-state index contributed by atoms with van der Waals surface area (Å²) in [5.74, 6) is 6.14. The Morgan fingerprint density at radius 1 is 1.33 bits per heavy atom. The molecule has 3 N–H and O–H groups in total. The zero-order chi connectivity index (χ0) is 11.3. The van der Waals surface area contributed by atoms with Gasteiger partial charge in [0.05, 0.1) is 12.8 Å². The number of hydrogen-bond donors (Lipinski definition) is 2. The summed E-state index contributed by atoms with van der Waals surface area (Å²) in [6.07, 6.45) is 0. The van der Waals surface area contributed by atoms with E-state index in [9.17, 15) is 0 Å². The third kappa shape index (κ3) is 2.53. The van der Waals surface area contributed by atoms with Crippen LogP contribution in [-0.4, -0.2) is 20.2 Å². The molecular formula is C11H19N3O. The van der Waals surface area contributed by atoms with Gasteiger partial charge in [-0.25, -0.2) is 0 Å². The summed E-state index contributed by atoms with van der Waals surface area (Å²) in [6.45, 7) is 6.22. The molecule has 0 saturated heterocycles. The van der Waals surface area contributed by atoms with Gasteiger partial charge in [0, 0.05) is 24.8 Å². The van der Waals surface area contributed by atoms with E-state index in [2.05, 4.69) is 24.2 Å². The number of nitrogen functional groups attached to an aromatic ring is 1. The number of rotatable bonds is 5. The number of nitrogens with two attached hydrogens (primary N) is 1. The summed E-state index contributed by atoms with van der Waals surface area (Å²) in [6, 6.07) is 5.94. The molecule has 15 heavy (non-hydrogen) atoms. The highest BCUT2D eigenvalue weighted by Gasteiger charge is 2.06. The first kappa shape index (κ1) is 11.7. The van der Waals surface area contributed by atoms with E-state index in [1.54, 1.807) is 7.11 Å². The van der Waals surface area contributed by atoms with Gasteiger partial charge >= 0.3 is 0 Å². The number of nitrogens with one attached hydrogen (secondary N) is 1. The molecule has 4 nitrogen and oxygen atoms in total. The van der Waals surface area contributed by atoms with Crippen molar-refractivity contribution in [1.82, 2.24) is 0 Å². The Hall–Kier alpha value is -1.42. The first-order valence-corrected chi connectivity index (χ1v) is 5.16. The quantitative estimate of drug-likeness (QED) is 0.574. The Morgan fingerprint density at radius 3 is 2.47 bits per heavy atom. The van der Waals surface area contributed by atoms with Crippen LogP contribution in [0, 0.1) is 0 Å². The van der Waals surface area contributed by atoms with Gasteiger partial charge in [-0.1, -0.05) is 0 Å². The molecule has 4 heteroatoms. The van der Waals surface area contributed by atoms with Crippen LogP contribution in [0.5, 0.6) is 5.75 Å².